The minimum Gasteiger partial charge on any atom is -0.324 e. The first-order valence-electron chi connectivity index (χ1n) is 7.38. The van der Waals surface area contributed by atoms with E-state index in [1.807, 2.05) is 0 Å². The van der Waals surface area contributed by atoms with Crippen molar-refractivity contribution in [1.29, 1.82) is 0 Å². The zero-order valence-corrected chi connectivity index (χ0v) is 16.1. The quantitative estimate of drug-likeness (QED) is 0.523. The fourth-order valence-electron chi connectivity index (χ4n) is 2.13. The topological polar surface area (TPSA) is 92.7 Å². The lowest BCUT2D eigenvalue weighted by atomic mass is 10.1. The molecule has 1 unspecified atom stereocenters. The van der Waals surface area contributed by atoms with Gasteiger partial charge in [0.2, 0.25) is 0 Å². The van der Waals surface area contributed by atoms with Gasteiger partial charge in [-0.1, -0.05) is 11.6 Å². The standard InChI is InChI=1S/C16H17ClNO5PS/c1-3-23-24(21,22)9-12-5-7-15(25-12)16(20)18-14-6-4-11(17)8-13(14)10(2)19/h4-8H,3,9H2,1-2H3,(H,18,20)(H,21,22). The highest BCUT2D eigenvalue weighted by Crippen LogP contribution is 2.46. The van der Waals surface area contributed by atoms with Crippen LogP contribution in [0.1, 0.15) is 38.8 Å². The predicted octanol–water partition coefficient (Wildman–Crippen LogP) is 4.58. The maximum Gasteiger partial charge on any atom is 0.333 e. The summed E-state index contributed by atoms with van der Waals surface area (Å²) in [6, 6.07) is 7.79. The molecule has 0 aliphatic carbocycles. The van der Waals surface area contributed by atoms with Crippen LogP contribution in [-0.4, -0.2) is 23.2 Å². The molecule has 1 atom stereocenters. The van der Waals surface area contributed by atoms with Gasteiger partial charge in [-0.3, -0.25) is 14.2 Å². The summed E-state index contributed by atoms with van der Waals surface area (Å²) in [4.78, 5) is 34.6. The summed E-state index contributed by atoms with van der Waals surface area (Å²) in [6.07, 6.45) is -0.154. The molecular weight excluding hydrogens is 385 g/mol. The van der Waals surface area contributed by atoms with Gasteiger partial charge in [-0.05, 0) is 44.2 Å². The molecule has 0 spiro atoms. The number of nitrogens with one attached hydrogen (secondary N) is 1. The van der Waals surface area contributed by atoms with E-state index in [1.54, 1.807) is 31.2 Å². The maximum absolute atomic E-state index is 12.4. The Morgan fingerprint density at radius 1 is 1.32 bits per heavy atom. The highest BCUT2D eigenvalue weighted by molar-refractivity contribution is 7.52. The van der Waals surface area contributed by atoms with Gasteiger partial charge in [0.15, 0.2) is 5.78 Å². The fourth-order valence-corrected chi connectivity index (χ4v) is 4.74. The van der Waals surface area contributed by atoms with Crippen LogP contribution in [0.3, 0.4) is 0 Å². The lowest BCUT2D eigenvalue weighted by molar-refractivity contribution is 0.101. The van der Waals surface area contributed by atoms with Crippen LogP contribution in [0.5, 0.6) is 0 Å². The molecule has 1 heterocycles. The Bertz CT molecular complexity index is 851. The molecule has 0 saturated carbocycles. The number of Topliss-reactive ketones (excluding diaryl/α,β-unsaturated/α-hetero) is 1. The molecule has 2 N–H and O–H groups in total. The first-order chi connectivity index (χ1) is 11.7. The van der Waals surface area contributed by atoms with Crippen LogP contribution in [0, 0.1) is 0 Å². The summed E-state index contributed by atoms with van der Waals surface area (Å²) < 4.78 is 16.6. The largest absolute Gasteiger partial charge is 0.333 e. The van der Waals surface area contributed by atoms with E-state index >= 15 is 0 Å². The van der Waals surface area contributed by atoms with Crippen molar-refractivity contribution < 1.29 is 23.6 Å². The molecule has 6 nitrogen and oxygen atoms in total. The van der Waals surface area contributed by atoms with E-state index in [0.717, 1.165) is 11.3 Å². The summed E-state index contributed by atoms with van der Waals surface area (Å²) in [5.74, 6) is -0.632. The summed E-state index contributed by atoms with van der Waals surface area (Å²) in [5, 5.41) is 3.07. The Labute approximate surface area is 154 Å². The molecule has 0 aliphatic heterocycles. The highest BCUT2D eigenvalue weighted by Gasteiger charge is 2.21. The van der Waals surface area contributed by atoms with Crippen molar-refractivity contribution in [2.45, 2.75) is 20.0 Å². The normalized spacial score (nSPS) is 13.3. The third kappa shape index (κ3) is 5.49. The Morgan fingerprint density at radius 3 is 2.68 bits per heavy atom. The van der Waals surface area contributed by atoms with Crippen molar-refractivity contribution in [2.75, 3.05) is 11.9 Å². The van der Waals surface area contributed by atoms with Crippen molar-refractivity contribution in [2.24, 2.45) is 0 Å². The van der Waals surface area contributed by atoms with Crippen LogP contribution in [-0.2, 0) is 15.3 Å². The molecule has 0 fully saturated rings. The predicted molar refractivity (Wildman–Crippen MR) is 98.9 cm³/mol. The van der Waals surface area contributed by atoms with Gasteiger partial charge in [0.25, 0.3) is 5.91 Å². The highest BCUT2D eigenvalue weighted by atomic mass is 35.5. The molecule has 25 heavy (non-hydrogen) atoms. The van der Waals surface area contributed by atoms with Crippen molar-refractivity contribution in [1.82, 2.24) is 0 Å². The Hall–Kier alpha value is -1.50. The number of ketones is 1. The number of rotatable bonds is 7. The van der Waals surface area contributed by atoms with Gasteiger partial charge in [-0.2, -0.15) is 0 Å². The Kier molecular flexibility index (Phi) is 6.54. The molecule has 1 aromatic heterocycles. The molecule has 1 aromatic carbocycles. The van der Waals surface area contributed by atoms with Gasteiger partial charge in [0.1, 0.15) is 0 Å². The summed E-state index contributed by atoms with van der Waals surface area (Å²) in [6.45, 7) is 3.16. The van der Waals surface area contributed by atoms with Gasteiger partial charge >= 0.3 is 7.60 Å². The lowest BCUT2D eigenvalue weighted by Crippen LogP contribution is -2.13. The zero-order valence-electron chi connectivity index (χ0n) is 13.6. The van der Waals surface area contributed by atoms with Crippen LogP contribution in [0.25, 0.3) is 0 Å². The van der Waals surface area contributed by atoms with Crippen LogP contribution in [0.4, 0.5) is 5.69 Å². The van der Waals surface area contributed by atoms with Gasteiger partial charge in [0.05, 0.1) is 23.3 Å². The monoisotopic (exact) mass is 401 g/mol. The van der Waals surface area contributed by atoms with Crippen molar-refractivity contribution >= 4 is 47.9 Å². The van der Waals surface area contributed by atoms with Gasteiger partial charge in [-0.15, -0.1) is 11.3 Å². The fraction of sp³-hybridized carbons (Fsp3) is 0.250. The van der Waals surface area contributed by atoms with E-state index in [-0.39, 0.29) is 18.6 Å². The number of anilines is 1. The Morgan fingerprint density at radius 2 is 2.04 bits per heavy atom. The molecule has 1 amide bonds. The molecule has 0 bridgehead atoms. The van der Waals surface area contributed by atoms with E-state index in [1.165, 1.54) is 13.0 Å². The minimum absolute atomic E-state index is 0.136. The van der Waals surface area contributed by atoms with Crippen molar-refractivity contribution in [3.05, 3.63) is 50.7 Å². The number of amides is 1. The number of thiophene rings is 1. The van der Waals surface area contributed by atoms with E-state index in [0.29, 0.717) is 26.0 Å². The molecule has 0 aliphatic rings. The zero-order chi connectivity index (χ0) is 18.6. The third-order valence-electron chi connectivity index (χ3n) is 3.18. The number of hydrogen-bond donors (Lipinski definition) is 2. The smallest absolute Gasteiger partial charge is 0.324 e. The summed E-state index contributed by atoms with van der Waals surface area (Å²) in [5.41, 5.74) is 0.674. The second-order valence-corrected chi connectivity index (χ2v) is 8.63. The van der Waals surface area contributed by atoms with Gasteiger partial charge < -0.3 is 14.7 Å². The minimum atomic E-state index is -3.70. The second-order valence-electron chi connectivity index (χ2n) is 5.18. The first-order valence-corrected chi connectivity index (χ1v) is 10.3. The van der Waals surface area contributed by atoms with Crippen molar-refractivity contribution in [3.8, 4) is 0 Å². The maximum atomic E-state index is 12.4. The van der Waals surface area contributed by atoms with E-state index in [9.17, 15) is 19.0 Å². The number of halogens is 1. The van der Waals surface area contributed by atoms with E-state index in [2.05, 4.69) is 5.32 Å². The molecule has 0 radical (unpaired) electrons. The first kappa shape index (κ1) is 19.8. The van der Waals surface area contributed by atoms with Gasteiger partial charge in [-0.25, -0.2) is 0 Å². The number of carbonyl (C=O) groups is 2. The van der Waals surface area contributed by atoms with Crippen LogP contribution >= 0.6 is 30.5 Å². The van der Waals surface area contributed by atoms with E-state index < -0.39 is 13.5 Å². The van der Waals surface area contributed by atoms with Crippen LogP contribution in [0.2, 0.25) is 5.02 Å². The second kappa shape index (κ2) is 8.25. The van der Waals surface area contributed by atoms with Gasteiger partial charge in [0, 0.05) is 15.5 Å². The number of carbonyl (C=O) groups excluding carboxylic acids is 2. The van der Waals surface area contributed by atoms with Crippen LogP contribution in [0.15, 0.2) is 30.3 Å². The average Bonchev–Trinajstić information content (AvgIpc) is 2.96. The number of benzene rings is 1. The number of hydrogen-bond acceptors (Lipinski definition) is 5. The molecular formula is C16H17ClNO5PS. The molecule has 2 rings (SSSR count). The average molecular weight is 402 g/mol. The molecule has 134 valence electrons. The molecule has 2 aromatic rings. The summed E-state index contributed by atoms with van der Waals surface area (Å²) >= 11 is 6.98. The van der Waals surface area contributed by atoms with Crippen molar-refractivity contribution in [3.63, 3.8) is 0 Å². The third-order valence-corrected chi connectivity index (χ3v) is 6.12. The molecule has 9 heteroatoms. The summed E-state index contributed by atoms with van der Waals surface area (Å²) in [7, 11) is -3.70. The SMILES string of the molecule is CCOP(=O)(O)Cc1ccc(C(=O)Nc2ccc(Cl)cc2C(C)=O)s1. The molecule has 0 saturated heterocycles. The lowest BCUT2D eigenvalue weighted by Gasteiger charge is -2.09. The van der Waals surface area contributed by atoms with E-state index in [4.69, 9.17) is 16.1 Å². The van der Waals surface area contributed by atoms with Crippen LogP contribution < -0.4 is 5.32 Å². The Balaban J connectivity index is 2.15.